The molecular weight excluding hydrogens is 489 g/mol. The predicted molar refractivity (Wildman–Crippen MR) is 120 cm³/mol. The molecule has 0 saturated carbocycles. The van der Waals surface area contributed by atoms with Crippen LogP contribution in [0.15, 0.2) is 72.6 Å². The number of ketones is 1. The highest BCUT2D eigenvalue weighted by molar-refractivity contribution is 6.52. The third-order valence-electron chi connectivity index (χ3n) is 5.22. The topological polar surface area (TPSA) is 89.0 Å². The van der Waals surface area contributed by atoms with E-state index in [2.05, 4.69) is 9.72 Å². The first-order chi connectivity index (χ1) is 16.6. The normalized spacial score (nSPS) is 17.5. The molecule has 3 aromatic rings. The molecule has 2 aromatic carbocycles. The predicted octanol–water partition coefficient (Wildman–Crippen LogP) is 5.27. The second-order valence-electron chi connectivity index (χ2n) is 7.34. The van der Waals surface area contributed by atoms with E-state index < -0.39 is 35.6 Å². The number of amides is 1. The van der Waals surface area contributed by atoms with Gasteiger partial charge in [-0.3, -0.25) is 19.5 Å². The van der Waals surface area contributed by atoms with E-state index in [1.165, 1.54) is 43.8 Å². The number of methoxy groups -OCH3 is 1. The highest BCUT2D eigenvalue weighted by atomic mass is 35.5. The smallest absolute Gasteiger partial charge is 0.507 e. The Morgan fingerprint density at radius 1 is 1.09 bits per heavy atom. The molecule has 1 aliphatic rings. The van der Waals surface area contributed by atoms with E-state index in [1.54, 1.807) is 18.2 Å². The van der Waals surface area contributed by atoms with E-state index in [4.69, 9.17) is 16.3 Å². The molecule has 1 aromatic heterocycles. The molecule has 1 fully saturated rings. The molecule has 1 amide bonds. The van der Waals surface area contributed by atoms with Crippen LogP contribution < -0.4 is 14.4 Å². The van der Waals surface area contributed by atoms with Crippen LogP contribution >= 0.6 is 11.6 Å². The number of benzene rings is 2. The number of ether oxygens (including phenoxy) is 2. The van der Waals surface area contributed by atoms with Crippen molar-refractivity contribution in [1.29, 1.82) is 0 Å². The molecule has 11 heteroatoms. The van der Waals surface area contributed by atoms with Gasteiger partial charge >= 0.3 is 6.36 Å². The fraction of sp³-hybridized carbons (Fsp3) is 0.125. The maximum atomic E-state index is 13.1. The first kappa shape index (κ1) is 24.1. The zero-order valence-electron chi connectivity index (χ0n) is 17.9. The molecule has 35 heavy (non-hydrogen) atoms. The van der Waals surface area contributed by atoms with Crippen molar-refractivity contribution in [3.05, 3.63) is 88.7 Å². The number of nitrogens with zero attached hydrogens (tertiary/aromatic N) is 2. The van der Waals surface area contributed by atoms with Crippen molar-refractivity contribution < 1.29 is 37.3 Å². The zero-order valence-corrected chi connectivity index (χ0v) is 18.7. The molecule has 0 radical (unpaired) electrons. The van der Waals surface area contributed by atoms with Gasteiger partial charge in [-0.1, -0.05) is 17.7 Å². The van der Waals surface area contributed by atoms with Gasteiger partial charge in [0.25, 0.3) is 11.7 Å². The lowest BCUT2D eigenvalue weighted by Gasteiger charge is -2.25. The number of anilines is 1. The molecule has 1 atom stereocenters. The van der Waals surface area contributed by atoms with E-state index in [9.17, 15) is 27.9 Å². The summed E-state index contributed by atoms with van der Waals surface area (Å²) in [4.78, 5) is 31.3. The minimum absolute atomic E-state index is 0.0619. The summed E-state index contributed by atoms with van der Waals surface area (Å²) in [7, 11) is 1.41. The molecule has 1 unspecified atom stereocenters. The van der Waals surface area contributed by atoms with Crippen LogP contribution in [0.5, 0.6) is 11.5 Å². The van der Waals surface area contributed by atoms with Gasteiger partial charge in [0.05, 0.1) is 23.7 Å². The lowest BCUT2D eigenvalue weighted by atomic mass is 9.96. The van der Waals surface area contributed by atoms with Gasteiger partial charge in [0.2, 0.25) is 0 Å². The second kappa shape index (κ2) is 9.30. The van der Waals surface area contributed by atoms with Crippen molar-refractivity contribution in [2.75, 3.05) is 12.0 Å². The van der Waals surface area contributed by atoms with Crippen LogP contribution in [0.4, 0.5) is 18.9 Å². The number of rotatable bonds is 5. The Balaban J connectivity index is 1.87. The first-order valence-corrected chi connectivity index (χ1v) is 10.4. The zero-order chi connectivity index (χ0) is 25.3. The number of aliphatic hydroxyl groups is 1. The number of hydrogen-bond acceptors (Lipinski definition) is 6. The van der Waals surface area contributed by atoms with Gasteiger partial charge < -0.3 is 14.6 Å². The highest BCUT2D eigenvalue weighted by Crippen LogP contribution is 2.43. The van der Waals surface area contributed by atoms with E-state index in [0.29, 0.717) is 11.3 Å². The Hall–Kier alpha value is -4.05. The maximum absolute atomic E-state index is 13.1. The van der Waals surface area contributed by atoms with Crippen molar-refractivity contribution in [2.24, 2.45) is 0 Å². The molecule has 180 valence electrons. The van der Waals surface area contributed by atoms with Crippen molar-refractivity contribution in [3.63, 3.8) is 0 Å². The second-order valence-corrected chi connectivity index (χ2v) is 7.75. The molecule has 0 aliphatic carbocycles. The van der Waals surface area contributed by atoms with E-state index in [-0.39, 0.29) is 21.8 Å². The molecule has 2 heterocycles. The van der Waals surface area contributed by atoms with Crippen LogP contribution in [0.2, 0.25) is 5.02 Å². The van der Waals surface area contributed by atoms with Crippen LogP contribution in [-0.4, -0.2) is 35.3 Å². The number of carbonyl (C=O) groups is 2. The number of aliphatic hydroxyl groups excluding tert-OH is 1. The van der Waals surface area contributed by atoms with Gasteiger partial charge in [0.1, 0.15) is 17.3 Å². The molecule has 4 rings (SSSR count). The van der Waals surface area contributed by atoms with Crippen molar-refractivity contribution in [2.45, 2.75) is 12.4 Å². The summed E-state index contributed by atoms with van der Waals surface area (Å²) < 4.78 is 46.6. The van der Waals surface area contributed by atoms with Crippen LogP contribution in [0.25, 0.3) is 5.76 Å². The van der Waals surface area contributed by atoms with Crippen LogP contribution in [0.3, 0.4) is 0 Å². The lowest BCUT2D eigenvalue weighted by molar-refractivity contribution is -0.274. The van der Waals surface area contributed by atoms with Gasteiger partial charge in [-0.05, 0) is 54.1 Å². The molecule has 1 aliphatic heterocycles. The number of hydrogen-bond donors (Lipinski definition) is 1. The summed E-state index contributed by atoms with van der Waals surface area (Å²) in [5.41, 5.74) is 0.273. The largest absolute Gasteiger partial charge is 0.573 e. The molecule has 1 N–H and O–H groups in total. The van der Waals surface area contributed by atoms with E-state index in [1.807, 2.05) is 0 Å². The highest BCUT2D eigenvalue weighted by Gasteiger charge is 2.47. The van der Waals surface area contributed by atoms with Gasteiger partial charge in [0, 0.05) is 23.6 Å². The molecular formula is C24H16ClF3N2O5. The van der Waals surface area contributed by atoms with Gasteiger partial charge in [-0.15, -0.1) is 13.2 Å². The van der Waals surface area contributed by atoms with Crippen molar-refractivity contribution in [3.8, 4) is 11.5 Å². The van der Waals surface area contributed by atoms with E-state index >= 15 is 0 Å². The number of carbonyl (C=O) groups excluding carboxylic acids is 2. The monoisotopic (exact) mass is 504 g/mol. The summed E-state index contributed by atoms with van der Waals surface area (Å²) in [6, 6.07) is 10.9. The summed E-state index contributed by atoms with van der Waals surface area (Å²) in [6.07, 6.45) is -2.00. The Morgan fingerprint density at radius 3 is 2.37 bits per heavy atom. The van der Waals surface area contributed by atoms with Crippen LogP contribution in [-0.2, 0) is 9.59 Å². The summed E-state index contributed by atoms with van der Waals surface area (Å²) in [6.45, 7) is 0. The van der Waals surface area contributed by atoms with Crippen molar-refractivity contribution >= 4 is 34.7 Å². The number of halogens is 4. The average molecular weight is 505 g/mol. The standard InChI is InChI=1S/C24H16ClF3N2O5/c1-34-16-8-9-18(25)17(11-16)21(31)19-20(13-3-2-10-29-12-13)30(23(33)22(19)32)14-4-6-15(7-5-14)35-24(26,27)28/h2-12,20,31H,1H3/b21-19+. The minimum Gasteiger partial charge on any atom is -0.507 e. The van der Waals surface area contributed by atoms with Crippen molar-refractivity contribution in [1.82, 2.24) is 4.98 Å². The number of alkyl halides is 3. The summed E-state index contributed by atoms with van der Waals surface area (Å²) in [5, 5.41) is 11.3. The van der Waals surface area contributed by atoms with Crippen LogP contribution in [0.1, 0.15) is 17.2 Å². The number of aromatic nitrogens is 1. The first-order valence-electron chi connectivity index (χ1n) is 10.0. The number of Topliss-reactive ketones (excluding diaryl/α,β-unsaturated/α-hetero) is 1. The quantitative estimate of drug-likeness (QED) is 0.289. The minimum atomic E-state index is -4.89. The average Bonchev–Trinajstić information content (AvgIpc) is 3.09. The molecule has 7 nitrogen and oxygen atoms in total. The summed E-state index contributed by atoms with van der Waals surface area (Å²) in [5.74, 6) is -2.70. The maximum Gasteiger partial charge on any atom is 0.573 e. The van der Waals surface area contributed by atoms with Gasteiger partial charge in [0.15, 0.2) is 0 Å². The third-order valence-corrected chi connectivity index (χ3v) is 5.55. The fourth-order valence-electron chi connectivity index (χ4n) is 3.72. The van der Waals surface area contributed by atoms with Gasteiger partial charge in [-0.2, -0.15) is 0 Å². The van der Waals surface area contributed by atoms with Crippen LogP contribution in [0, 0.1) is 0 Å². The SMILES string of the molecule is COc1ccc(Cl)c(/C(O)=C2\C(=O)C(=O)N(c3ccc(OC(F)(F)F)cc3)C2c2cccnc2)c1. The Kier molecular flexibility index (Phi) is 6.40. The van der Waals surface area contributed by atoms with Gasteiger partial charge in [-0.25, -0.2) is 0 Å². The van der Waals surface area contributed by atoms with E-state index in [0.717, 1.165) is 17.0 Å². The Bertz CT molecular complexity index is 1310. The number of pyridine rings is 1. The molecule has 0 spiro atoms. The molecule has 1 saturated heterocycles. The molecule has 0 bridgehead atoms. The Labute approximate surface area is 202 Å². The summed E-state index contributed by atoms with van der Waals surface area (Å²) >= 11 is 6.25. The Morgan fingerprint density at radius 2 is 1.77 bits per heavy atom. The third kappa shape index (κ3) is 4.78. The lowest BCUT2D eigenvalue weighted by Crippen LogP contribution is -2.29. The fourth-order valence-corrected chi connectivity index (χ4v) is 3.93.